The summed E-state index contributed by atoms with van der Waals surface area (Å²) in [6.45, 7) is 30.6. The van der Waals surface area contributed by atoms with Crippen LogP contribution in [0.2, 0.25) is 0 Å². The van der Waals surface area contributed by atoms with E-state index in [2.05, 4.69) is 284 Å². The molecule has 2 saturated heterocycles. The van der Waals surface area contributed by atoms with Crippen molar-refractivity contribution in [2.75, 3.05) is 9.80 Å². The molecule has 0 amide bonds. The van der Waals surface area contributed by atoms with Gasteiger partial charge in [0.1, 0.15) is 0 Å². The standard InChI is InChI=1S/C55H62Br2N2.C30H52B2O4/c1-5-7-9-11-13-15-37-55(38-16-14-12-10-8-6-2)53-39-49(58(45-25-17-41(3)18-26-45)47-29-21-43(56)22-30-47)33-35-51(53)52-36-34-50(40-54(52)55)59(46-27-19-42(4)20-28-46)48-31-23-44(57)24-32-48;1-11-13-15-17-19-23-21-26(32-35-29(7,8)30(9,10)36-32)24(20-18-16-14-12-2)22-25(23)31-33-27(3,4)28(5,6)34-31/h17-36,39-40H,5-16,37-38H2,1-4H3;21-22H,11-20H2,1-10H3. The van der Waals surface area contributed by atoms with Crippen molar-refractivity contribution in [2.24, 2.45) is 0 Å². The van der Waals surface area contributed by atoms with Gasteiger partial charge in [-0.1, -0.05) is 235 Å². The number of unbranched alkanes of at least 4 members (excludes halogenated alkanes) is 16. The van der Waals surface area contributed by atoms with Gasteiger partial charge in [0.05, 0.1) is 22.4 Å². The minimum Gasteiger partial charge on any atom is -0.399 e. The lowest BCUT2D eigenvalue weighted by Crippen LogP contribution is -2.43. The lowest BCUT2D eigenvalue weighted by molar-refractivity contribution is 0.00578. The van der Waals surface area contributed by atoms with Crippen LogP contribution in [0.5, 0.6) is 0 Å². The number of anilines is 6. The van der Waals surface area contributed by atoms with Crippen LogP contribution in [0.3, 0.4) is 0 Å². The minimum absolute atomic E-state index is 0.0937. The van der Waals surface area contributed by atoms with E-state index in [-0.39, 0.29) is 42.1 Å². The van der Waals surface area contributed by atoms with Gasteiger partial charge >= 0.3 is 14.2 Å². The molecular weight excluding hydrogens is 1290 g/mol. The van der Waals surface area contributed by atoms with E-state index in [1.165, 1.54) is 207 Å². The van der Waals surface area contributed by atoms with Gasteiger partial charge in [-0.05, 0) is 249 Å². The molecule has 0 aromatic heterocycles. The highest BCUT2D eigenvalue weighted by Crippen LogP contribution is 2.57. The van der Waals surface area contributed by atoms with E-state index >= 15 is 0 Å². The third kappa shape index (κ3) is 18.1. The zero-order valence-electron chi connectivity index (χ0n) is 60.8. The SMILES string of the molecule is CCCCCCCCC1(CCCCCCCC)c2cc(N(c3ccc(C)cc3)c3ccc(Br)cc3)ccc2-c2ccc(N(c3ccc(C)cc3)c3ccc(Br)cc3)cc21.CCCCCCc1cc(B2OC(C)(C)C(C)(C)O2)c(CCCCCC)cc1B1OC(C)(C)C(C)(C)O1. The fourth-order valence-corrected chi connectivity index (χ4v) is 14.8. The first-order chi connectivity index (χ1) is 45.6. The third-order valence-corrected chi connectivity index (χ3v) is 22.6. The minimum atomic E-state index is -0.358. The van der Waals surface area contributed by atoms with Crippen molar-refractivity contribution < 1.29 is 18.6 Å². The van der Waals surface area contributed by atoms with Crippen LogP contribution in [0.1, 0.15) is 258 Å². The number of fused-ring (bicyclic) bond motifs is 3. The molecule has 10 rings (SSSR count). The van der Waals surface area contributed by atoms with Gasteiger partial charge in [-0.2, -0.15) is 0 Å². The molecule has 0 radical (unpaired) electrons. The number of hydrogen-bond acceptors (Lipinski definition) is 6. The predicted molar refractivity (Wildman–Crippen MR) is 416 cm³/mol. The molecule has 0 unspecified atom stereocenters. The van der Waals surface area contributed by atoms with Gasteiger partial charge in [0, 0.05) is 48.5 Å². The van der Waals surface area contributed by atoms with Crippen molar-refractivity contribution in [2.45, 2.75) is 279 Å². The molecule has 2 heterocycles. The highest BCUT2D eigenvalue weighted by Gasteiger charge is 2.54. The van der Waals surface area contributed by atoms with Gasteiger partial charge in [0.15, 0.2) is 0 Å². The largest absolute Gasteiger partial charge is 0.495 e. The van der Waals surface area contributed by atoms with E-state index in [0.29, 0.717) is 0 Å². The van der Waals surface area contributed by atoms with E-state index in [1.54, 1.807) is 0 Å². The summed E-state index contributed by atoms with van der Waals surface area (Å²) in [5, 5.41) is 0. The van der Waals surface area contributed by atoms with Gasteiger partial charge < -0.3 is 28.4 Å². The Morgan fingerprint density at radius 2 is 0.600 bits per heavy atom. The van der Waals surface area contributed by atoms with Crippen LogP contribution in [0.15, 0.2) is 155 Å². The molecule has 95 heavy (non-hydrogen) atoms. The molecule has 2 fully saturated rings. The molecule has 0 bridgehead atoms. The Morgan fingerprint density at radius 3 is 0.916 bits per heavy atom. The van der Waals surface area contributed by atoms with Crippen molar-refractivity contribution in [3.05, 3.63) is 188 Å². The van der Waals surface area contributed by atoms with Crippen LogP contribution in [-0.2, 0) is 36.9 Å². The monoisotopic (exact) mass is 1410 g/mol. The Kier molecular flexibility index (Phi) is 26.4. The number of rotatable bonds is 32. The average Bonchev–Trinajstić information content (AvgIpc) is 1.57. The highest BCUT2D eigenvalue weighted by atomic mass is 79.9. The van der Waals surface area contributed by atoms with Crippen molar-refractivity contribution in [1.82, 2.24) is 0 Å². The molecule has 10 heteroatoms. The molecule has 6 nitrogen and oxygen atoms in total. The molecule has 0 spiro atoms. The summed E-state index contributed by atoms with van der Waals surface area (Å²) >= 11 is 7.41. The zero-order valence-corrected chi connectivity index (χ0v) is 63.9. The Morgan fingerprint density at radius 1 is 0.326 bits per heavy atom. The lowest BCUT2D eigenvalue weighted by Gasteiger charge is -2.35. The van der Waals surface area contributed by atoms with E-state index in [1.807, 2.05) is 0 Å². The predicted octanol–water partition coefficient (Wildman–Crippen LogP) is 25.1. The number of nitrogens with zero attached hydrogens (tertiary/aromatic N) is 2. The lowest BCUT2D eigenvalue weighted by atomic mass is 9.67. The van der Waals surface area contributed by atoms with Crippen LogP contribution in [0.4, 0.5) is 34.1 Å². The van der Waals surface area contributed by atoms with Crippen molar-refractivity contribution in [3.63, 3.8) is 0 Å². The second kappa shape index (κ2) is 33.8. The molecule has 2 aliphatic heterocycles. The number of benzene rings is 7. The molecule has 1 aliphatic carbocycles. The average molecular weight is 1410 g/mol. The summed E-state index contributed by atoms with van der Waals surface area (Å²) in [4.78, 5) is 4.90. The summed E-state index contributed by atoms with van der Waals surface area (Å²) in [7, 11) is -0.698. The van der Waals surface area contributed by atoms with Gasteiger partial charge in [-0.25, -0.2) is 0 Å². The van der Waals surface area contributed by atoms with Crippen molar-refractivity contribution in [1.29, 1.82) is 0 Å². The Bertz CT molecular complexity index is 3190. The maximum absolute atomic E-state index is 6.56. The van der Waals surface area contributed by atoms with Gasteiger partial charge in [-0.3, -0.25) is 0 Å². The number of hydrogen-bond donors (Lipinski definition) is 0. The van der Waals surface area contributed by atoms with Gasteiger partial charge in [0.25, 0.3) is 0 Å². The third-order valence-electron chi connectivity index (χ3n) is 21.5. The Balaban J connectivity index is 0.000000252. The molecule has 7 aromatic carbocycles. The Hall–Kier alpha value is -4.93. The van der Waals surface area contributed by atoms with Crippen LogP contribution in [0.25, 0.3) is 11.1 Å². The smallest absolute Gasteiger partial charge is 0.399 e. The van der Waals surface area contributed by atoms with Crippen LogP contribution in [-0.4, -0.2) is 36.6 Å². The summed E-state index contributed by atoms with van der Waals surface area (Å²) in [6.07, 6.45) is 29.7. The number of halogens is 2. The molecule has 0 saturated carbocycles. The van der Waals surface area contributed by atoms with E-state index in [0.717, 1.165) is 46.0 Å². The molecule has 3 aliphatic rings. The number of aryl methyl sites for hydroxylation is 4. The molecule has 508 valence electrons. The maximum Gasteiger partial charge on any atom is 0.495 e. The Labute approximate surface area is 593 Å². The molecule has 0 atom stereocenters. The van der Waals surface area contributed by atoms with E-state index < -0.39 is 0 Å². The quantitative estimate of drug-likeness (QED) is 0.0309. The van der Waals surface area contributed by atoms with Crippen LogP contribution < -0.4 is 20.7 Å². The summed E-state index contributed by atoms with van der Waals surface area (Å²) in [6, 6.07) is 55.1. The van der Waals surface area contributed by atoms with Crippen molar-refractivity contribution >= 4 is 91.1 Å². The first-order valence-electron chi connectivity index (χ1n) is 37.0. The summed E-state index contributed by atoms with van der Waals surface area (Å²) in [5.41, 5.74) is 18.9. The molecule has 0 N–H and O–H groups in total. The molecular formula is C85H114B2Br2N2O4. The summed E-state index contributed by atoms with van der Waals surface area (Å²) < 4.78 is 28.4. The van der Waals surface area contributed by atoms with E-state index in [9.17, 15) is 0 Å². The van der Waals surface area contributed by atoms with E-state index in [4.69, 9.17) is 18.6 Å². The maximum atomic E-state index is 6.56. The highest BCUT2D eigenvalue weighted by molar-refractivity contribution is 9.10. The topological polar surface area (TPSA) is 43.4 Å². The normalized spacial score (nSPS) is 16.2. The zero-order chi connectivity index (χ0) is 68.0. The summed E-state index contributed by atoms with van der Waals surface area (Å²) in [5.74, 6) is 0. The van der Waals surface area contributed by atoms with Crippen LogP contribution in [0, 0.1) is 13.8 Å². The van der Waals surface area contributed by atoms with Crippen molar-refractivity contribution in [3.8, 4) is 11.1 Å². The fraction of sp³-hybridized carbons (Fsp3) is 0.506. The second-order valence-corrected chi connectivity index (χ2v) is 31.8. The fourth-order valence-electron chi connectivity index (χ4n) is 14.3. The first kappa shape index (κ1) is 74.3. The van der Waals surface area contributed by atoms with Gasteiger partial charge in [0.2, 0.25) is 0 Å². The molecule has 7 aromatic rings. The van der Waals surface area contributed by atoms with Crippen LogP contribution >= 0.6 is 31.9 Å². The second-order valence-electron chi connectivity index (χ2n) is 29.9. The first-order valence-corrected chi connectivity index (χ1v) is 38.6. The van der Waals surface area contributed by atoms with Gasteiger partial charge in [-0.15, -0.1) is 0 Å².